The van der Waals surface area contributed by atoms with Crippen LogP contribution in [0.1, 0.15) is 17.3 Å². The lowest BCUT2D eigenvalue weighted by Gasteiger charge is -1.99. The number of aromatic amines is 1. The van der Waals surface area contributed by atoms with Crippen molar-refractivity contribution in [1.29, 1.82) is 0 Å². The fraction of sp³-hybridized carbons (Fsp3) is 0.286. The topological polar surface area (TPSA) is 58.9 Å². The number of aromatic nitrogens is 1. The van der Waals surface area contributed by atoms with E-state index in [0.29, 0.717) is 10.7 Å². The predicted molar refractivity (Wildman–Crippen MR) is 43.8 cm³/mol. The van der Waals surface area contributed by atoms with Crippen LogP contribution in [0.25, 0.3) is 0 Å². The van der Waals surface area contributed by atoms with Gasteiger partial charge in [0.05, 0.1) is 6.04 Å². The number of rotatable bonds is 2. The fourth-order valence-corrected chi connectivity index (χ4v) is 0.944. The third-order valence-corrected chi connectivity index (χ3v) is 1.56. The van der Waals surface area contributed by atoms with Crippen LogP contribution < -0.4 is 5.73 Å². The molecule has 3 N–H and O–H groups in total. The number of hydrogen-bond donors (Lipinski definition) is 2. The van der Waals surface area contributed by atoms with E-state index in [2.05, 4.69) is 4.98 Å². The highest BCUT2D eigenvalue weighted by atomic mass is 35.5. The van der Waals surface area contributed by atoms with Gasteiger partial charge in [-0.25, -0.2) is 0 Å². The first-order valence-corrected chi connectivity index (χ1v) is 3.63. The summed E-state index contributed by atoms with van der Waals surface area (Å²) in [5, 5.41) is 0.453. The summed E-state index contributed by atoms with van der Waals surface area (Å²) < 4.78 is 0. The number of halogens is 1. The molecule has 1 aromatic rings. The molecule has 1 atom stereocenters. The maximum absolute atomic E-state index is 11.2. The maximum Gasteiger partial charge on any atom is 0.180 e. The quantitative estimate of drug-likeness (QED) is 0.659. The minimum Gasteiger partial charge on any atom is -0.352 e. The van der Waals surface area contributed by atoms with Gasteiger partial charge in [-0.05, 0) is 13.0 Å². The third-order valence-electron chi connectivity index (χ3n) is 1.35. The van der Waals surface area contributed by atoms with Crippen molar-refractivity contribution in [1.82, 2.24) is 4.98 Å². The highest BCUT2D eigenvalue weighted by Gasteiger charge is 2.11. The molecule has 0 saturated carbocycles. The zero-order valence-electron chi connectivity index (χ0n) is 6.10. The molecule has 1 heterocycles. The molecule has 1 unspecified atom stereocenters. The summed E-state index contributed by atoms with van der Waals surface area (Å²) in [4.78, 5) is 13.8. The van der Waals surface area contributed by atoms with Gasteiger partial charge in [0.1, 0.15) is 5.15 Å². The van der Waals surface area contributed by atoms with Gasteiger partial charge in [-0.2, -0.15) is 0 Å². The Morgan fingerprint density at radius 2 is 2.45 bits per heavy atom. The Kier molecular flexibility index (Phi) is 2.31. The lowest BCUT2D eigenvalue weighted by atomic mass is 10.1. The van der Waals surface area contributed by atoms with E-state index in [9.17, 15) is 4.79 Å². The summed E-state index contributed by atoms with van der Waals surface area (Å²) in [5.41, 5.74) is 5.90. The van der Waals surface area contributed by atoms with Crippen molar-refractivity contribution in [3.63, 3.8) is 0 Å². The van der Waals surface area contributed by atoms with E-state index in [1.165, 1.54) is 0 Å². The van der Waals surface area contributed by atoms with E-state index >= 15 is 0 Å². The second-order valence-electron chi connectivity index (χ2n) is 2.39. The Bertz CT molecular complexity index is 267. The molecule has 1 rings (SSSR count). The molecule has 0 spiro atoms. The van der Waals surface area contributed by atoms with E-state index < -0.39 is 6.04 Å². The van der Waals surface area contributed by atoms with Gasteiger partial charge < -0.3 is 10.7 Å². The van der Waals surface area contributed by atoms with Crippen molar-refractivity contribution in [3.8, 4) is 0 Å². The average molecular weight is 173 g/mol. The van der Waals surface area contributed by atoms with Crippen LogP contribution >= 0.6 is 11.6 Å². The molecule has 0 aliphatic carbocycles. The summed E-state index contributed by atoms with van der Waals surface area (Å²) in [6.45, 7) is 1.64. The van der Waals surface area contributed by atoms with Crippen LogP contribution in [0.15, 0.2) is 12.3 Å². The minimum atomic E-state index is -0.470. The summed E-state index contributed by atoms with van der Waals surface area (Å²) in [6, 6.07) is 1.09. The third kappa shape index (κ3) is 1.82. The number of ketones is 1. The van der Waals surface area contributed by atoms with Crippen molar-refractivity contribution in [2.75, 3.05) is 0 Å². The Morgan fingerprint density at radius 1 is 1.82 bits per heavy atom. The van der Waals surface area contributed by atoms with Gasteiger partial charge in [-0.3, -0.25) is 4.79 Å². The Hall–Kier alpha value is -0.800. The first-order valence-electron chi connectivity index (χ1n) is 3.25. The lowest BCUT2D eigenvalue weighted by Crippen LogP contribution is -2.26. The van der Waals surface area contributed by atoms with Crippen molar-refractivity contribution < 1.29 is 4.79 Å². The number of carbonyl (C=O) groups is 1. The fourth-order valence-electron chi connectivity index (χ4n) is 0.772. The van der Waals surface area contributed by atoms with Gasteiger partial charge in [0.2, 0.25) is 0 Å². The van der Waals surface area contributed by atoms with Crippen LogP contribution in [-0.2, 0) is 0 Å². The van der Waals surface area contributed by atoms with Crippen molar-refractivity contribution >= 4 is 17.4 Å². The smallest absolute Gasteiger partial charge is 0.180 e. The van der Waals surface area contributed by atoms with E-state index in [1.54, 1.807) is 19.2 Å². The molecule has 1 aromatic heterocycles. The van der Waals surface area contributed by atoms with Gasteiger partial charge in [-0.15, -0.1) is 0 Å². The highest BCUT2D eigenvalue weighted by Crippen LogP contribution is 2.09. The molecule has 0 fully saturated rings. The summed E-state index contributed by atoms with van der Waals surface area (Å²) in [6.07, 6.45) is 1.55. The van der Waals surface area contributed by atoms with Gasteiger partial charge in [-0.1, -0.05) is 11.6 Å². The Morgan fingerprint density at radius 3 is 2.82 bits per heavy atom. The van der Waals surface area contributed by atoms with Crippen LogP contribution in [0.3, 0.4) is 0 Å². The molecule has 0 aliphatic heterocycles. The largest absolute Gasteiger partial charge is 0.352 e. The van der Waals surface area contributed by atoms with E-state index in [-0.39, 0.29) is 5.78 Å². The van der Waals surface area contributed by atoms with Crippen LogP contribution in [-0.4, -0.2) is 16.8 Å². The number of Topliss-reactive ketones (excluding diaryl/α,β-unsaturated/α-hetero) is 1. The van der Waals surface area contributed by atoms with Crippen LogP contribution in [0.2, 0.25) is 5.15 Å². The molecule has 0 bridgehead atoms. The highest BCUT2D eigenvalue weighted by molar-refractivity contribution is 6.30. The maximum atomic E-state index is 11.2. The van der Waals surface area contributed by atoms with Crippen molar-refractivity contribution in [2.45, 2.75) is 13.0 Å². The molecule has 11 heavy (non-hydrogen) atoms. The van der Waals surface area contributed by atoms with Crippen molar-refractivity contribution in [3.05, 3.63) is 23.0 Å². The number of hydrogen-bond acceptors (Lipinski definition) is 2. The lowest BCUT2D eigenvalue weighted by molar-refractivity contribution is 0.0968. The number of nitrogens with one attached hydrogen (secondary N) is 1. The first-order chi connectivity index (χ1) is 5.11. The molecular formula is C7H9ClN2O. The number of carbonyl (C=O) groups excluding carboxylic acids is 1. The van der Waals surface area contributed by atoms with Gasteiger partial charge in [0.25, 0.3) is 0 Å². The summed E-state index contributed by atoms with van der Waals surface area (Å²) in [7, 11) is 0. The standard InChI is InChI=1S/C7H9ClN2O/c1-4(9)7(11)5-2-6(8)10-3-5/h2-4,10H,9H2,1H3. The number of nitrogens with two attached hydrogens (primary N) is 1. The average Bonchev–Trinajstić information content (AvgIpc) is 2.34. The molecule has 0 aliphatic rings. The number of H-pyrrole nitrogens is 1. The van der Waals surface area contributed by atoms with Gasteiger partial charge in [0.15, 0.2) is 5.78 Å². The SMILES string of the molecule is CC(N)C(=O)c1c[nH]c(Cl)c1. The van der Waals surface area contributed by atoms with Crippen LogP contribution in [0.4, 0.5) is 0 Å². The Labute approximate surface area is 69.5 Å². The van der Waals surface area contributed by atoms with E-state index in [1.807, 2.05) is 0 Å². The monoisotopic (exact) mass is 172 g/mol. The zero-order valence-corrected chi connectivity index (χ0v) is 6.85. The normalized spacial score (nSPS) is 13.0. The molecule has 0 aromatic carbocycles. The molecule has 60 valence electrons. The van der Waals surface area contributed by atoms with E-state index in [4.69, 9.17) is 17.3 Å². The molecule has 0 saturated heterocycles. The predicted octanol–water partition coefficient (Wildman–Crippen LogP) is 1.20. The zero-order chi connectivity index (χ0) is 8.43. The molecular weight excluding hydrogens is 164 g/mol. The summed E-state index contributed by atoms with van der Waals surface area (Å²) in [5.74, 6) is -0.104. The van der Waals surface area contributed by atoms with Gasteiger partial charge >= 0.3 is 0 Å². The van der Waals surface area contributed by atoms with E-state index in [0.717, 1.165) is 0 Å². The molecule has 0 radical (unpaired) electrons. The second kappa shape index (κ2) is 3.07. The second-order valence-corrected chi connectivity index (χ2v) is 2.80. The first kappa shape index (κ1) is 8.30. The Balaban J connectivity index is 2.85. The van der Waals surface area contributed by atoms with Crippen molar-refractivity contribution in [2.24, 2.45) is 5.73 Å². The summed E-state index contributed by atoms with van der Waals surface area (Å²) >= 11 is 5.56. The van der Waals surface area contributed by atoms with Crippen LogP contribution in [0.5, 0.6) is 0 Å². The minimum absolute atomic E-state index is 0.104. The molecule has 4 heteroatoms. The molecule has 3 nitrogen and oxygen atoms in total. The van der Waals surface area contributed by atoms with Gasteiger partial charge in [0, 0.05) is 11.8 Å². The molecule has 0 amide bonds. The van der Waals surface area contributed by atoms with Crippen LogP contribution in [0, 0.1) is 0 Å².